The average molecular weight is 336 g/mol. The summed E-state index contributed by atoms with van der Waals surface area (Å²) in [6.45, 7) is -1.42. The maximum absolute atomic E-state index is 13.2. The number of nitrogens with zero attached hydrogens (tertiary/aromatic N) is 1. The molecule has 3 nitrogen and oxygen atoms in total. The maximum atomic E-state index is 13.2. The van der Waals surface area contributed by atoms with Crippen LogP contribution in [-0.2, 0) is 0 Å². The second-order valence-electron chi connectivity index (χ2n) is 5.09. The molecule has 3 aromatic rings. The molecule has 0 amide bonds. The molecule has 0 atom stereocenters. The third-order valence-electron chi connectivity index (χ3n) is 3.22. The van der Waals surface area contributed by atoms with Gasteiger partial charge in [0.1, 0.15) is 5.82 Å². The largest absolute Gasteiger partial charge is 0.468 e. The van der Waals surface area contributed by atoms with Gasteiger partial charge >= 0.3 is 6.18 Å². The zero-order chi connectivity index (χ0) is 17.2. The van der Waals surface area contributed by atoms with Crippen LogP contribution in [0.25, 0.3) is 10.8 Å². The van der Waals surface area contributed by atoms with Crippen LogP contribution < -0.4 is 10.1 Å². The minimum absolute atomic E-state index is 0.104. The highest BCUT2D eigenvalue weighted by molar-refractivity contribution is 5.90. The number of alkyl halides is 3. The zero-order valence-electron chi connectivity index (χ0n) is 12.3. The Morgan fingerprint density at radius 2 is 1.79 bits per heavy atom. The second-order valence-corrected chi connectivity index (χ2v) is 5.09. The molecule has 0 saturated heterocycles. The van der Waals surface area contributed by atoms with Crippen LogP contribution in [0.15, 0.2) is 54.7 Å². The van der Waals surface area contributed by atoms with Gasteiger partial charge in [-0.2, -0.15) is 13.2 Å². The topological polar surface area (TPSA) is 34.2 Å². The summed E-state index contributed by atoms with van der Waals surface area (Å²) < 4.78 is 55.0. The van der Waals surface area contributed by atoms with Crippen molar-refractivity contribution in [3.63, 3.8) is 0 Å². The normalized spacial score (nSPS) is 11.5. The molecule has 0 fully saturated rings. The number of halogens is 4. The third kappa shape index (κ3) is 3.92. The number of benzene rings is 2. The first-order valence-electron chi connectivity index (χ1n) is 7.02. The van der Waals surface area contributed by atoms with Crippen LogP contribution in [0.1, 0.15) is 0 Å². The minimum atomic E-state index is -4.44. The van der Waals surface area contributed by atoms with Crippen LogP contribution >= 0.6 is 0 Å². The van der Waals surface area contributed by atoms with Gasteiger partial charge < -0.3 is 10.1 Å². The van der Waals surface area contributed by atoms with E-state index in [1.165, 1.54) is 18.3 Å². The van der Waals surface area contributed by atoms with Crippen molar-refractivity contribution >= 4 is 22.1 Å². The molecule has 0 aliphatic rings. The molecule has 1 aromatic heterocycles. The lowest BCUT2D eigenvalue weighted by Gasteiger charge is -2.12. The predicted octanol–water partition coefficient (Wildman–Crippen LogP) is 5.06. The van der Waals surface area contributed by atoms with E-state index in [2.05, 4.69) is 10.3 Å². The summed E-state index contributed by atoms with van der Waals surface area (Å²) in [6, 6.07) is 12.6. The van der Waals surface area contributed by atoms with Crippen LogP contribution in [0.3, 0.4) is 0 Å². The molecule has 2 aromatic carbocycles. The number of hydrogen-bond acceptors (Lipinski definition) is 3. The highest BCUT2D eigenvalue weighted by Crippen LogP contribution is 2.29. The number of rotatable bonds is 4. The Morgan fingerprint density at radius 3 is 2.54 bits per heavy atom. The van der Waals surface area contributed by atoms with Crippen LogP contribution in [0.4, 0.5) is 28.9 Å². The molecule has 3 rings (SSSR count). The lowest BCUT2D eigenvalue weighted by atomic mass is 10.1. The van der Waals surface area contributed by atoms with Crippen molar-refractivity contribution in [3.8, 4) is 5.88 Å². The number of anilines is 2. The van der Waals surface area contributed by atoms with Crippen molar-refractivity contribution in [2.75, 3.05) is 11.9 Å². The Hall–Kier alpha value is -2.83. The highest BCUT2D eigenvalue weighted by Gasteiger charge is 2.29. The summed E-state index contributed by atoms with van der Waals surface area (Å²) in [7, 11) is 0. The van der Waals surface area contributed by atoms with Gasteiger partial charge in [0, 0.05) is 23.0 Å². The maximum Gasteiger partial charge on any atom is 0.422 e. The smallest absolute Gasteiger partial charge is 0.422 e. The fraction of sp³-hybridized carbons (Fsp3) is 0.118. The molecule has 0 aliphatic heterocycles. The molecule has 0 unspecified atom stereocenters. The average Bonchev–Trinajstić information content (AvgIpc) is 2.52. The molecule has 0 aliphatic carbocycles. The molecule has 1 N–H and O–H groups in total. The van der Waals surface area contributed by atoms with Gasteiger partial charge in [-0.25, -0.2) is 9.37 Å². The lowest BCUT2D eigenvalue weighted by molar-refractivity contribution is -0.153. The van der Waals surface area contributed by atoms with Gasteiger partial charge in [-0.1, -0.05) is 12.1 Å². The van der Waals surface area contributed by atoms with Crippen LogP contribution in [-0.4, -0.2) is 17.8 Å². The summed E-state index contributed by atoms with van der Waals surface area (Å²) in [4.78, 5) is 3.86. The number of pyridine rings is 1. The van der Waals surface area contributed by atoms with Gasteiger partial charge in [-0.3, -0.25) is 0 Å². The second kappa shape index (κ2) is 6.35. The van der Waals surface area contributed by atoms with Crippen molar-refractivity contribution < 1.29 is 22.3 Å². The quantitative estimate of drug-likeness (QED) is 0.676. The van der Waals surface area contributed by atoms with E-state index in [-0.39, 0.29) is 5.88 Å². The van der Waals surface area contributed by atoms with Crippen molar-refractivity contribution in [2.24, 2.45) is 0 Å². The van der Waals surface area contributed by atoms with Crippen molar-refractivity contribution in [1.29, 1.82) is 0 Å². The molecule has 0 radical (unpaired) electrons. The first-order chi connectivity index (χ1) is 11.4. The van der Waals surface area contributed by atoms with Crippen molar-refractivity contribution in [3.05, 3.63) is 60.5 Å². The Bertz CT molecular complexity index is 865. The van der Waals surface area contributed by atoms with E-state index >= 15 is 0 Å². The standard InChI is InChI=1S/C17H12F4N2O/c18-12-2-1-3-13(8-12)23-14-5-4-11-6-7-22-16(15(11)9-14)24-10-17(19,20)21/h1-9,23H,10H2. The van der Waals surface area contributed by atoms with E-state index in [4.69, 9.17) is 4.74 Å². The van der Waals surface area contributed by atoms with Gasteiger partial charge in [0.25, 0.3) is 0 Å². The minimum Gasteiger partial charge on any atom is -0.468 e. The fourth-order valence-electron chi connectivity index (χ4n) is 2.22. The molecule has 0 saturated carbocycles. The van der Waals surface area contributed by atoms with Crippen LogP contribution in [0.5, 0.6) is 5.88 Å². The summed E-state index contributed by atoms with van der Waals surface area (Å²) in [6.07, 6.45) is -3.06. The Kier molecular flexibility index (Phi) is 4.24. The van der Waals surface area contributed by atoms with Crippen LogP contribution in [0, 0.1) is 5.82 Å². The van der Waals surface area contributed by atoms with Gasteiger partial charge in [-0.05, 0) is 41.8 Å². The molecule has 0 bridgehead atoms. The Balaban J connectivity index is 1.91. The highest BCUT2D eigenvalue weighted by atomic mass is 19.4. The number of hydrogen-bond donors (Lipinski definition) is 1. The summed E-state index contributed by atoms with van der Waals surface area (Å²) >= 11 is 0. The summed E-state index contributed by atoms with van der Waals surface area (Å²) in [5.41, 5.74) is 1.11. The van der Waals surface area contributed by atoms with Gasteiger partial charge in [0.2, 0.25) is 5.88 Å². The van der Waals surface area contributed by atoms with Crippen LogP contribution in [0.2, 0.25) is 0 Å². The number of aromatic nitrogens is 1. The van der Waals surface area contributed by atoms with E-state index in [0.29, 0.717) is 22.1 Å². The zero-order valence-corrected chi connectivity index (χ0v) is 12.3. The summed E-state index contributed by atoms with van der Waals surface area (Å²) in [5, 5.41) is 4.11. The van der Waals surface area contributed by atoms with Gasteiger partial charge in [0.15, 0.2) is 6.61 Å². The number of ether oxygens (including phenoxy) is 1. The lowest BCUT2D eigenvalue weighted by Crippen LogP contribution is -2.19. The number of nitrogens with one attached hydrogen (secondary N) is 1. The Morgan fingerprint density at radius 1 is 1.00 bits per heavy atom. The third-order valence-corrected chi connectivity index (χ3v) is 3.22. The van der Waals surface area contributed by atoms with E-state index in [1.54, 1.807) is 36.4 Å². The van der Waals surface area contributed by atoms with Gasteiger partial charge in [0.05, 0.1) is 0 Å². The summed E-state index contributed by atoms with van der Waals surface area (Å²) in [5.74, 6) is -0.496. The monoisotopic (exact) mass is 336 g/mol. The van der Waals surface area contributed by atoms with E-state index in [1.807, 2.05) is 0 Å². The number of fused-ring (bicyclic) bond motifs is 1. The predicted molar refractivity (Wildman–Crippen MR) is 83.0 cm³/mol. The SMILES string of the molecule is Fc1cccc(Nc2ccc3ccnc(OCC(F)(F)F)c3c2)c1. The molecular weight excluding hydrogens is 324 g/mol. The first kappa shape index (κ1) is 16.0. The van der Waals surface area contributed by atoms with Crippen molar-refractivity contribution in [1.82, 2.24) is 4.98 Å². The molecule has 0 spiro atoms. The molecular formula is C17H12F4N2O. The first-order valence-corrected chi connectivity index (χ1v) is 7.02. The fourth-order valence-corrected chi connectivity index (χ4v) is 2.22. The molecule has 7 heteroatoms. The molecule has 24 heavy (non-hydrogen) atoms. The van der Waals surface area contributed by atoms with Crippen molar-refractivity contribution in [2.45, 2.75) is 6.18 Å². The van der Waals surface area contributed by atoms with E-state index in [9.17, 15) is 17.6 Å². The molecule has 1 heterocycles. The van der Waals surface area contributed by atoms with E-state index in [0.717, 1.165) is 0 Å². The van der Waals surface area contributed by atoms with Gasteiger partial charge in [-0.15, -0.1) is 0 Å². The Labute approximate surface area is 134 Å². The van der Waals surface area contributed by atoms with E-state index < -0.39 is 18.6 Å². The molecule has 124 valence electrons.